The van der Waals surface area contributed by atoms with Gasteiger partial charge in [0.1, 0.15) is 11.3 Å². The maximum atomic E-state index is 13.7. The summed E-state index contributed by atoms with van der Waals surface area (Å²) in [7, 11) is 1.35. The molecule has 4 aromatic carbocycles. The third kappa shape index (κ3) is 7.66. The van der Waals surface area contributed by atoms with Gasteiger partial charge < -0.3 is 9.15 Å². The van der Waals surface area contributed by atoms with E-state index in [1.54, 1.807) is 6.07 Å². The summed E-state index contributed by atoms with van der Waals surface area (Å²) in [6.07, 6.45) is -3.88. The molecule has 0 amide bonds. The molecule has 222 valence electrons. The van der Waals surface area contributed by atoms with Crippen molar-refractivity contribution in [3.63, 3.8) is 0 Å². The number of alkyl halides is 3. The van der Waals surface area contributed by atoms with Crippen LogP contribution in [0.1, 0.15) is 39.5 Å². The molecule has 0 N–H and O–H groups in total. The second-order valence-corrected chi connectivity index (χ2v) is 10.9. The number of halogens is 4. The average molecular weight is 606 g/mol. The quantitative estimate of drug-likeness (QED) is 0.141. The Balaban J connectivity index is 1.44. The molecule has 4 nitrogen and oxygen atoms in total. The average Bonchev–Trinajstić information content (AvgIpc) is 3.42. The number of carbonyl (C=O) groups is 1. The van der Waals surface area contributed by atoms with Gasteiger partial charge in [0.15, 0.2) is 0 Å². The molecular formula is C35H31ClF3NO3. The largest absolute Gasteiger partial charge is 0.469 e. The topological polar surface area (TPSA) is 42.7 Å². The van der Waals surface area contributed by atoms with Crippen LogP contribution in [-0.2, 0) is 35.1 Å². The molecule has 1 aromatic heterocycles. The molecule has 5 rings (SSSR count). The molecule has 0 fully saturated rings. The van der Waals surface area contributed by atoms with Crippen LogP contribution in [0.4, 0.5) is 13.2 Å². The number of rotatable bonds is 11. The lowest BCUT2D eigenvalue weighted by Crippen LogP contribution is -2.31. The van der Waals surface area contributed by atoms with Crippen LogP contribution in [0.5, 0.6) is 0 Å². The van der Waals surface area contributed by atoms with E-state index in [2.05, 4.69) is 29.2 Å². The van der Waals surface area contributed by atoms with E-state index >= 15 is 0 Å². The van der Waals surface area contributed by atoms with E-state index in [9.17, 15) is 18.0 Å². The Morgan fingerprint density at radius 2 is 1.58 bits per heavy atom. The maximum Gasteiger partial charge on any atom is 0.417 e. The predicted molar refractivity (Wildman–Crippen MR) is 162 cm³/mol. The zero-order valence-corrected chi connectivity index (χ0v) is 24.4. The summed E-state index contributed by atoms with van der Waals surface area (Å²) >= 11 is 6.34. The molecule has 0 aliphatic rings. The van der Waals surface area contributed by atoms with Gasteiger partial charge in [0, 0.05) is 37.4 Å². The van der Waals surface area contributed by atoms with Crippen molar-refractivity contribution in [1.82, 2.24) is 4.90 Å². The zero-order valence-electron chi connectivity index (χ0n) is 23.6. The minimum Gasteiger partial charge on any atom is -0.469 e. The van der Waals surface area contributed by atoms with E-state index in [0.717, 1.165) is 33.9 Å². The molecule has 0 radical (unpaired) electrons. The van der Waals surface area contributed by atoms with Gasteiger partial charge in [-0.25, -0.2) is 0 Å². The number of furan rings is 1. The molecule has 0 aliphatic carbocycles. The van der Waals surface area contributed by atoms with Gasteiger partial charge in [-0.2, -0.15) is 13.2 Å². The molecule has 0 bridgehead atoms. The molecule has 0 spiro atoms. The van der Waals surface area contributed by atoms with Crippen molar-refractivity contribution in [3.8, 4) is 0 Å². The van der Waals surface area contributed by atoms with Gasteiger partial charge in [-0.15, -0.1) is 0 Å². The Morgan fingerprint density at radius 3 is 2.21 bits per heavy atom. The number of fused-ring (bicyclic) bond motifs is 1. The number of hydrogen-bond donors (Lipinski definition) is 0. The lowest BCUT2D eigenvalue weighted by molar-refractivity contribution is -0.140. The number of nitrogens with zero attached hydrogens (tertiary/aromatic N) is 1. The zero-order chi connectivity index (χ0) is 30.4. The molecule has 8 heteroatoms. The van der Waals surface area contributed by atoms with Crippen LogP contribution in [0.15, 0.2) is 108 Å². The van der Waals surface area contributed by atoms with Gasteiger partial charge >= 0.3 is 12.1 Å². The van der Waals surface area contributed by atoms with Crippen LogP contribution in [0.3, 0.4) is 0 Å². The minimum absolute atomic E-state index is 0.0245. The Labute approximate surface area is 253 Å². The number of benzene rings is 4. The summed E-state index contributed by atoms with van der Waals surface area (Å²) in [5.74, 6) is 0.381. The minimum atomic E-state index is -4.55. The first-order valence-electron chi connectivity index (χ1n) is 14.0. The standard InChI is InChI=1S/C35H31ClF3NO3/c1-42-33(41)20-24-15-16-27-21-29(43-32(27)19-24)17-18-40(22-28-13-8-14-31(34(28)36)35(37,38)39)23-30(25-9-4-2-5-10-25)26-11-6-3-7-12-26/h2-16,19,21,30H,17-18,20,22-23H2,1H3. The molecule has 0 atom stereocenters. The fourth-order valence-corrected chi connectivity index (χ4v) is 5.59. The van der Waals surface area contributed by atoms with E-state index in [1.807, 2.05) is 60.7 Å². The third-order valence-electron chi connectivity index (χ3n) is 7.51. The van der Waals surface area contributed by atoms with Gasteiger partial charge in [0.05, 0.1) is 24.1 Å². The third-order valence-corrected chi connectivity index (χ3v) is 7.96. The van der Waals surface area contributed by atoms with E-state index in [0.29, 0.717) is 30.7 Å². The van der Waals surface area contributed by atoms with Crippen molar-refractivity contribution in [2.24, 2.45) is 0 Å². The van der Waals surface area contributed by atoms with Crippen molar-refractivity contribution in [3.05, 3.63) is 142 Å². The van der Waals surface area contributed by atoms with Crippen LogP contribution in [0.25, 0.3) is 11.0 Å². The molecule has 1 heterocycles. The summed E-state index contributed by atoms with van der Waals surface area (Å²) in [5.41, 5.74) is 3.24. The highest BCUT2D eigenvalue weighted by Crippen LogP contribution is 2.37. The lowest BCUT2D eigenvalue weighted by atomic mass is 9.90. The predicted octanol–water partition coefficient (Wildman–Crippen LogP) is 8.70. The normalized spacial score (nSPS) is 11.9. The first kappa shape index (κ1) is 30.4. The van der Waals surface area contributed by atoms with Crippen molar-refractivity contribution in [1.29, 1.82) is 0 Å². The maximum absolute atomic E-state index is 13.7. The Bertz CT molecular complexity index is 1630. The smallest absolute Gasteiger partial charge is 0.417 e. The number of ether oxygens (including phenoxy) is 1. The molecule has 0 saturated heterocycles. The van der Waals surface area contributed by atoms with E-state index < -0.39 is 11.7 Å². The summed E-state index contributed by atoms with van der Waals surface area (Å²) in [4.78, 5) is 13.8. The van der Waals surface area contributed by atoms with Crippen molar-refractivity contribution >= 4 is 28.5 Å². The first-order chi connectivity index (χ1) is 20.7. The van der Waals surface area contributed by atoms with Crippen molar-refractivity contribution in [2.45, 2.75) is 31.5 Å². The number of carbonyl (C=O) groups excluding carboxylic acids is 1. The summed E-state index contributed by atoms with van der Waals surface area (Å²) in [5, 5.41) is 0.625. The Kier molecular flexibility index (Phi) is 9.53. The molecule has 0 unspecified atom stereocenters. The summed E-state index contributed by atoms with van der Waals surface area (Å²) in [6.45, 7) is 1.28. The monoisotopic (exact) mass is 605 g/mol. The second-order valence-electron chi connectivity index (χ2n) is 10.5. The van der Waals surface area contributed by atoms with Crippen molar-refractivity contribution in [2.75, 3.05) is 20.2 Å². The fourth-order valence-electron chi connectivity index (χ4n) is 5.30. The van der Waals surface area contributed by atoms with Gasteiger partial charge in [-0.3, -0.25) is 9.69 Å². The lowest BCUT2D eigenvalue weighted by Gasteiger charge is -2.29. The number of hydrogen-bond acceptors (Lipinski definition) is 4. The Morgan fingerprint density at radius 1 is 0.907 bits per heavy atom. The van der Waals surface area contributed by atoms with Crippen LogP contribution < -0.4 is 0 Å². The van der Waals surface area contributed by atoms with Gasteiger partial charge in [-0.1, -0.05) is 96.5 Å². The highest BCUT2D eigenvalue weighted by molar-refractivity contribution is 6.32. The second kappa shape index (κ2) is 13.5. The molecule has 0 aliphatic heterocycles. The highest BCUT2D eigenvalue weighted by Gasteiger charge is 2.34. The van der Waals surface area contributed by atoms with E-state index in [-0.39, 0.29) is 29.9 Å². The molecular weight excluding hydrogens is 575 g/mol. The van der Waals surface area contributed by atoms with Crippen LogP contribution in [0.2, 0.25) is 5.02 Å². The molecule has 5 aromatic rings. The van der Waals surface area contributed by atoms with E-state index in [1.165, 1.54) is 13.2 Å². The number of methoxy groups -OCH3 is 1. The van der Waals surface area contributed by atoms with Gasteiger partial charge in [-0.05, 0) is 40.5 Å². The van der Waals surface area contributed by atoms with Crippen molar-refractivity contribution < 1.29 is 27.1 Å². The van der Waals surface area contributed by atoms with Crippen LogP contribution in [-0.4, -0.2) is 31.1 Å². The Hall–Kier alpha value is -4.07. The van der Waals surface area contributed by atoms with Crippen LogP contribution in [0, 0.1) is 0 Å². The molecule has 43 heavy (non-hydrogen) atoms. The SMILES string of the molecule is COC(=O)Cc1ccc2cc(CCN(Cc3cccc(C(F)(F)F)c3Cl)CC(c3ccccc3)c3ccccc3)oc2c1. The first-order valence-corrected chi connectivity index (χ1v) is 14.3. The van der Waals surface area contributed by atoms with Gasteiger partial charge in [0.2, 0.25) is 0 Å². The summed E-state index contributed by atoms with van der Waals surface area (Å²) in [6, 6.07) is 31.8. The fraction of sp³-hybridized carbons (Fsp3) is 0.229. The molecule has 0 saturated carbocycles. The van der Waals surface area contributed by atoms with E-state index in [4.69, 9.17) is 20.8 Å². The highest BCUT2D eigenvalue weighted by atomic mass is 35.5. The number of esters is 1. The van der Waals surface area contributed by atoms with Crippen LogP contribution >= 0.6 is 11.6 Å². The summed E-state index contributed by atoms with van der Waals surface area (Å²) < 4.78 is 51.9. The van der Waals surface area contributed by atoms with Gasteiger partial charge in [0.25, 0.3) is 0 Å².